The SMILES string of the molecule is Cc1cc(C2O[C@@H](C)Cc3ccc(Cl)cc32)ccc1[N+](=O)[O-]. The second-order valence-electron chi connectivity index (χ2n) is 5.68. The fraction of sp³-hybridized carbons (Fsp3) is 0.294. The summed E-state index contributed by atoms with van der Waals surface area (Å²) in [4.78, 5) is 10.6. The molecular weight excluding hydrogens is 302 g/mol. The molecule has 4 nitrogen and oxygen atoms in total. The predicted molar refractivity (Wildman–Crippen MR) is 85.4 cm³/mol. The highest BCUT2D eigenvalue weighted by Gasteiger charge is 2.27. The van der Waals surface area contributed by atoms with E-state index in [2.05, 4.69) is 0 Å². The van der Waals surface area contributed by atoms with E-state index in [1.54, 1.807) is 13.0 Å². The molecule has 5 heteroatoms. The van der Waals surface area contributed by atoms with E-state index in [-0.39, 0.29) is 22.8 Å². The van der Waals surface area contributed by atoms with Crippen LogP contribution in [0.1, 0.15) is 35.3 Å². The number of nitrogens with zero attached hydrogens (tertiary/aromatic N) is 1. The minimum absolute atomic E-state index is 0.0918. The number of rotatable bonds is 2. The number of hydrogen-bond donors (Lipinski definition) is 0. The summed E-state index contributed by atoms with van der Waals surface area (Å²) in [6.45, 7) is 3.77. The number of hydrogen-bond acceptors (Lipinski definition) is 3. The van der Waals surface area contributed by atoms with Crippen molar-refractivity contribution in [1.82, 2.24) is 0 Å². The molecule has 2 atom stereocenters. The van der Waals surface area contributed by atoms with Gasteiger partial charge in [0.1, 0.15) is 6.10 Å². The summed E-state index contributed by atoms with van der Waals surface area (Å²) in [7, 11) is 0. The third-order valence-electron chi connectivity index (χ3n) is 3.99. The van der Waals surface area contributed by atoms with Gasteiger partial charge in [0.25, 0.3) is 5.69 Å². The lowest BCUT2D eigenvalue weighted by atomic mass is 9.90. The molecule has 1 heterocycles. The molecule has 0 saturated heterocycles. The van der Waals surface area contributed by atoms with Crippen molar-refractivity contribution in [2.75, 3.05) is 0 Å². The molecular formula is C17H16ClNO3. The first-order chi connectivity index (χ1) is 10.5. The van der Waals surface area contributed by atoms with Crippen LogP contribution in [0.15, 0.2) is 36.4 Å². The van der Waals surface area contributed by atoms with Crippen molar-refractivity contribution in [1.29, 1.82) is 0 Å². The second kappa shape index (κ2) is 5.71. The van der Waals surface area contributed by atoms with Crippen LogP contribution in [0.2, 0.25) is 5.02 Å². The maximum absolute atomic E-state index is 11.0. The van der Waals surface area contributed by atoms with Gasteiger partial charge in [-0.1, -0.05) is 17.7 Å². The normalized spacial score (nSPS) is 20.5. The lowest BCUT2D eigenvalue weighted by molar-refractivity contribution is -0.385. The highest BCUT2D eigenvalue weighted by molar-refractivity contribution is 6.30. The summed E-state index contributed by atoms with van der Waals surface area (Å²) >= 11 is 6.12. The molecule has 0 spiro atoms. The Morgan fingerprint density at radius 2 is 2.05 bits per heavy atom. The van der Waals surface area contributed by atoms with Gasteiger partial charge in [0.2, 0.25) is 0 Å². The molecule has 0 fully saturated rings. The topological polar surface area (TPSA) is 52.4 Å². The highest BCUT2D eigenvalue weighted by atomic mass is 35.5. The number of ether oxygens (including phenoxy) is 1. The summed E-state index contributed by atoms with van der Waals surface area (Å²) in [6.07, 6.45) is 0.695. The first kappa shape index (κ1) is 15.0. The van der Waals surface area contributed by atoms with E-state index in [4.69, 9.17) is 16.3 Å². The molecule has 2 aromatic carbocycles. The highest BCUT2D eigenvalue weighted by Crippen LogP contribution is 2.37. The molecule has 0 aromatic heterocycles. The standard InChI is InChI=1S/C17H16ClNO3/c1-10-7-13(4-6-16(10)19(20)21)17-15-9-14(18)5-3-12(15)8-11(2)22-17/h3-7,9,11,17H,8H2,1-2H3/t11-,17?/m0/s1. The average molecular weight is 318 g/mol. The first-order valence-electron chi connectivity index (χ1n) is 7.14. The number of halogens is 1. The maximum atomic E-state index is 11.0. The van der Waals surface area contributed by atoms with Gasteiger partial charge in [-0.3, -0.25) is 10.1 Å². The van der Waals surface area contributed by atoms with Gasteiger partial charge in [0, 0.05) is 16.7 Å². The molecule has 114 valence electrons. The van der Waals surface area contributed by atoms with Crippen LogP contribution in [0.5, 0.6) is 0 Å². The lowest BCUT2D eigenvalue weighted by Crippen LogP contribution is -2.24. The first-order valence-corrected chi connectivity index (χ1v) is 7.52. The van der Waals surface area contributed by atoms with Crippen molar-refractivity contribution in [2.45, 2.75) is 32.5 Å². The number of benzene rings is 2. The fourth-order valence-electron chi connectivity index (χ4n) is 2.96. The molecule has 0 amide bonds. The van der Waals surface area contributed by atoms with Gasteiger partial charge in [0.05, 0.1) is 11.0 Å². The van der Waals surface area contributed by atoms with Gasteiger partial charge in [-0.05, 0) is 61.2 Å². The molecule has 0 aliphatic carbocycles. The van der Waals surface area contributed by atoms with E-state index in [1.165, 1.54) is 11.6 Å². The Morgan fingerprint density at radius 1 is 1.27 bits per heavy atom. The smallest absolute Gasteiger partial charge is 0.272 e. The van der Waals surface area contributed by atoms with Gasteiger partial charge >= 0.3 is 0 Å². The van der Waals surface area contributed by atoms with Crippen LogP contribution in [0, 0.1) is 17.0 Å². The summed E-state index contributed by atoms with van der Waals surface area (Å²) in [5, 5.41) is 11.6. The van der Waals surface area contributed by atoms with Crippen LogP contribution in [0.4, 0.5) is 5.69 Å². The van der Waals surface area contributed by atoms with E-state index < -0.39 is 0 Å². The summed E-state index contributed by atoms with van der Waals surface area (Å²) in [6, 6.07) is 11.0. The van der Waals surface area contributed by atoms with Gasteiger partial charge in [-0.15, -0.1) is 0 Å². The van der Waals surface area contributed by atoms with E-state index in [0.717, 1.165) is 17.5 Å². The molecule has 1 unspecified atom stereocenters. The van der Waals surface area contributed by atoms with Crippen molar-refractivity contribution in [2.24, 2.45) is 0 Å². The maximum Gasteiger partial charge on any atom is 0.272 e. The van der Waals surface area contributed by atoms with E-state index in [9.17, 15) is 10.1 Å². The number of fused-ring (bicyclic) bond motifs is 1. The van der Waals surface area contributed by atoms with Crippen LogP contribution in [0.25, 0.3) is 0 Å². The number of nitro benzene ring substituents is 1. The Labute approximate surface area is 133 Å². The van der Waals surface area contributed by atoms with Crippen molar-refractivity contribution >= 4 is 17.3 Å². The molecule has 0 bridgehead atoms. The number of nitro groups is 1. The monoisotopic (exact) mass is 317 g/mol. The van der Waals surface area contributed by atoms with Crippen molar-refractivity contribution in [3.05, 3.63) is 73.8 Å². The number of aryl methyl sites for hydroxylation is 1. The molecule has 0 N–H and O–H groups in total. The molecule has 1 aliphatic heterocycles. The largest absolute Gasteiger partial charge is 0.365 e. The van der Waals surface area contributed by atoms with Crippen LogP contribution < -0.4 is 0 Å². The predicted octanol–water partition coefficient (Wildman–Crippen LogP) is 4.61. The molecule has 3 rings (SSSR count). The van der Waals surface area contributed by atoms with Crippen LogP contribution in [-0.4, -0.2) is 11.0 Å². The van der Waals surface area contributed by atoms with Crippen molar-refractivity contribution in [3.63, 3.8) is 0 Å². The minimum Gasteiger partial charge on any atom is -0.365 e. The van der Waals surface area contributed by atoms with Gasteiger partial charge in [-0.25, -0.2) is 0 Å². The Hall–Kier alpha value is -1.91. The fourth-order valence-corrected chi connectivity index (χ4v) is 3.14. The Kier molecular flexibility index (Phi) is 3.89. The zero-order valence-corrected chi connectivity index (χ0v) is 13.1. The van der Waals surface area contributed by atoms with E-state index in [0.29, 0.717) is 10.6 Å². The Bertz CT molecular complexity index is 745. The van der Waals surface area contributed by atoms with E-state index in [1.807, 2.05) is 31.2 Å². The van der Waals surface area contributed by atoms with Crippen molar-refractivity contribution < 1.29 is 9.66 Å². The van der Waals surface area contributed by atoms with Crippen LogP contribution in [0.3, 0.4) is 0 Å². The Morgan fingerprint density at radius 3 is 2.73 bits per heavy atom. The summed E-state index contributed by atoms with van der Waals surface area (Å²) in [5.41, 5.74) is 3.92. The third-order valence-corrected chi connectivity index (χ3v) is 4.22. The lowest BCUT2D eigenvalue weighted by Gasteiger charge is -2.31. The van der Waals surface area contributed by atoms with Crippen LogP contribution in [-0.2, 0) is 11.2 Å². The quantitative estimate of drug-likeness (QED) is 0.600. The molecule has 0 radical (unpaired) electrons. The Balaban J connectivity index is 2.07. The minimum atomic E-state index is -0.367. The molecule has 0 saturated carbocycles. The molecule has 2 aromatic rings. The third kappa shape index (κ3) is 2.72. The van der Waals surface area contributed by atoms with Crippen molar-refractivity contribution in [3.8, 4) is 0 Å². The summed E-state index contributed by atoms with van der Waals surface area (Å²) in [5.74, 6) is 0. The van der Waals surface area contributed by atoms with Gasteiger partial charge in [0.15, 0.2) is 0 Å². The molecule has 1 aliphatic rings. The summed E-state index contributed by atoms with van der Waals surface area (Å²) < 4.78 is 6.08. The second-order valence-corrected chi connectivity index (χ2v) is 6.11. The van der Waals surface area contributed by atoms with E-state index >= 15 is 0 Å². The van der Waals surface area contributed by atoms with Gasteiger partial charge in [-0.2, -0.15) is 0 Å². The average Bonchev–Trinajstić information content (AvgIpc) is 2.46. The zero-order chi connectivity index (χ0) is 15.9. The zero-order valence-electron chi connectivity index (χ0n) is 12.4. The van der Waals surface area contributed by atoms with Crippen LogP contribution >= 0.6 is 11.6 Å². The van der Waals surface area contributed by atoms with Gasteiger partial charge < -0.3 is 4.74 Å². The molecule has 22 heavy (non-hydrogen) atoms.